The first-order valence-corrected chi connectivity index (χ1v) is 6.27. The van der Waals surface area contributed by atoms with Crippen LogP contribution in [0.5, 0.6) is 5.75 Å². The van der Waals surface area contributed by atoms with Crippen LogP contribution in [0.25, 0.3) is 11.1 Å². The Labute approximate surface area is 88.3 Å². The summed E-state index contributed by atoms with van der Waals surface area (Å²) in [7, 11) is 3.20. The van der Waals surface area contributed by atoms with Gasteiger partial charge in [-0.1, -0.05) is 45.0 Å². The number of benzene rings is 1. The fraction of sp³-hybridized carbons (Fsp3) is 0. The molecular weight excluding hydrogens is 220 g/mol. The summed E-state index contributed by atoms with van der Waals surface area (Å²) in [4.78, 5) is 0. The zero-order valence-corrected chi connectivity index (χ0v) is 9.01. The monoisotopic (exact) mass is 226 g/mol. The maximum Gasteiger partial charge on any atom is 0.116 e. The van der Waals surface area contributed by atoms with E-state index in [1.807, 2.05) is 17.5 Å². The topological polar surface area (TPSA) is 20.2 Å². The van der Waals surface area contributed by atoms with Crippen LogP contribution in [0.1, 0.15) is 0 Å². The van der Waals surface area contributed by atoms with E-state index in [-0.39, 0.29) is 5.75 Å². The van der Waals surface area contributed by atoms with Gasteiger partial charge in [-0.05, 0) is 17.7 Å². The molecule has 0 bridgehead atoms. The van der Waals surface area contributed by atoms with Crippen molar-refractivity contribution in [1.29, 1.82) is 0 Å². The summed E-state index contributed by atoms with van der Waals surface area (Å²) in [6.07, 6.45) is 0. The van der Waals surface area contributed by atoms with Crippen molar-refractivity contribution in [2.24, 2.45) is 0 Å². The second-order valence-electron chi connectivity index (χ2n) is 2.55. The molecule has 0 spiro atoms. The summed E-state index contributed by atoms with van der Waals surface area (Å²) in [6, 6.07) is 7.15. The van der Waals surface area contributed by atoms with E-state index in [2.05, 4.69) is 0 Å². The van der Waals surface area contributed by atoms with Crippen molar-refractivity contribution in [3.05, 3.63) is 33.5 Å². The Morgan fingerprint density at radius 1 is 1.31 bits per heavy atom. The molecule has 0 radical (unpaired) electrons. The average Bonchev–Trinajstić information content (AvgIpc) is 2.51. The number of aromatic hydroxyl groups is 1. The maximum absolute atomic E-state index is 9.28. The molecule has 1 aromatic carbocycles. The van der Waals surface area contributed by atoms with Gasteiger partial charge in [0.2, 0.25) is 0 Å². The molecule has 1 heterocycles. The quantitative estimate of drug-likeness (QED) is 0.587. The van der Waals surface area contributed by atoms with Gasteiger partial charge in [-0.3, -0.25) is 0 Å². The molecule has 0 aliphatic rings. The molecule has 4 heteroatoms. The van der Waals surface area contributed by atoms with E-state index in [9.17, 15) is 5.11 Å². The Morgan fingerprint density at radius 2 is 2.15 bits per heavy atom. The molecule has 0 amide bonds. The molecular formula is C9H6OS3. The SMILES string of the molecule is Oc1cccc(-c2cssc2=S)c1. The highest BCUT2D eigenvalue weighted by Crippen LogP contribution is 2.29. The van der Waals surface area contributed by atoms with Crippen LogP contribution in [0.15, 0.2) is 29.6 Å². The zero-order valence-electron chi connectivity index (χ0n) is 6.56. The lowest BCUT2D eigenvalue weighted by Crippen LogP contribution is -1.72. The van der Waals surface area contributed by atoms with Crippen LogP contribution in [0.3, 0.4) is 0 Å². The molecule has 13 heavy (non-hydrogen) atoms. The number of phenols is 1. The van der Waals surface area contributed by atoms with Gasteiger partial charge in [0.15, 0.2) is 0 Å². The van der Waals surface area contributed by atoms with Gasteiger partial charge in [-0.15, -0.1) is 0 Å². The molecule has 0 unspecified atom stereocenters. The summed E-state index contributed by atoms with van der Waals surface area (Å²) < 4.78 is 0.885. The minimum absolute atomic E-state index is 0.281. The molecule has 0 saturated heterocycles. The fourth-order valence-electron chi connectivity index (χ4n) is 1.07. The lowest BCUT2D eigenvalue weighted by Gasteiger charge is -1.96. The molecule has 0 aliphatic carbocycles. The Bertz CT molecular complexity index is 469. The second-order valence-corrected chi connectivity index (χ2v) is 5.30. The van der Waals surface area contributed by atoms with Crippen LogP contribution in [0.4, 0.5) is 0 Å². The Morgan fingerprint density at radius 3 is 2.77 bits per heavy atom. The highest BCUT2D eigenvalue weighted by atomic mass is 32.9. The Kier molecular flexibility index (Phi) is 2.44. The third-order valence-electron chi connectivity index (χ3n) is 1.67. The van der Waals surface area contributed by atoms with Crippen molar-refractivity contribution in [2.45, 2.75) is 0 Å². The Hall–Kier alpha value is -0.710. The average molecular weight is 226 g/mol. The Balaban J connectivity index is 2.59. The lowest BCUT2D eigenvalue weighted by atomic mass is 10.1. The molecule has 1 nitrogen and oxygen atoms in total. The minimum atomic E-state index is 0.281. The first-order valence-electron chi connectivity index (χ1n) is 3.64. The van der Waals surface area contributed by atoms with E-state index in [1.165, 1.54) is 0 Å². The van der Waals surface area contributed by atoms with Gasteiger partial charge in [-0.2, -0.15) is 0 Å². The number of hydrogen-bond acceptors (Lipinski definition) is 4. The second kappa shape index (κ2) is 3.57. The van der Waals surface area contributed by atoms with Gasteiger partial charge < -0.3 is 5.11 Å². The van der Waals surface area contributed by atoms with Gasteiger partial charge in [-0.25, -0.2) is 0 Å². The highest BCUT2D eigenvalue weighted by Gasteiger charge is 2.01. The number of hydrogen-bond donors (Lipinski definition) is 1. The van der Waals surface area contributed by atoms with Crippen molar-refractivity contribution < 1.29 is 5.11 Å². The van der Waals surface area contributed by atoms with E-state index >= 15 is 0 Å². The predicted octanol–water partition coefficient (Wildman–Crippen LogP) is 3.91. The van der Waals surface area contributed by atoms with E-state index < -0.39 is 0 Å². The fourth-order valence-corrected chi connectivity index (χ4v) is 3.46. The number of rotatable bonds is 1. The van der Waals surface area contributed by atoms with Crippen LogP contribution in [-0.4, -0.2) is 5.11 Å². The van der Waals surface area contributed by atoms with Crippen molar-refractivity contribution in [3.8, 4) is 16.9 Å². The molecule has 66 valence electrons. The largest absolute Gasteiger partial charge is 0.508 e. The summed E-state index contributed by atoms with van der Waals surface area (Å²) >= 11 is 5.16. The van der Waals surface area contributed by atoms with Crippen molar-refractivity contribution >= 4 is 32.9 Å². The van der Waals surface area contributed by atoms with Gasteiger partial charge >= 0.3 is 0 Å². The van der Waals surface area contributed by atoms with Gasteiger partial charge in [0.1, 0.15) is 9.57 Å². The standard InChI is InChI=1S/C9H6OS3/c10-7-3-1-2-6(4-7)8-5-12-13-9(8)11/h1-5,10H. The summed E-state index contributed by atoms with van der Waals surface area (Å²) in [5, 5.41) is 11.3. The minimum Gasteiger partial charge on any atom is -0.508 e. The maximum atomic E-state index is 9.28. The highest BCUT2D eigenvalue weighted by molar-refractivity contribution is 7.79. The summed E-state index contributed by atoms with van der Waals surface area (Å²) in [6.45, 7) is 0. The molecule has 1 N–H and O–H groups in total. The summed E-state index contributed by atoms with van der Waals surface area (Å²) in [5.74, 6) is 0.281. The first-order chi connectivity index (χ1) is 6.27. The van der Waals surface area contributed by atoms with Gasteiger partial charge in [0, 0.05) is 10.9 Å². The van der Waals surface area contributed by atoms with E-state index in [1.54, 1.807) is 32.8 Å². The van der Waals surface area contributed by atoms with Crippen molar-refractivity contribution in [1.82, 2.24) is 0 Å². The van der Waals surface area contributed by atoms with Crippen LogP contribution < -0.4 is 0 Å². The molecule has 0 saturated carbocycles. The van der Waals surface area contributed by atoms with Crippen LogP contribution in [-0.2, 0) is 0 Å². The van der Waals surface area contributed by atoms with E-state index in [0.29, 0.717) is 0 Å². The van der Waals surface area contributed by atoms with E-state index in [0.717, 1.165) is 15.0 Å². The predicted molar refractivity (Wildman–Crippen MR) is 60.1 cm³/mol. The van der Waals surface area contributed by atoms with Crippen LogP contribution in [0.2, 0.25) is 0 Å². The van der Waals surface area contributed by atoms with Crippen LogP contribution in [0, 0.1) is 3.82 Å². The van der Waals surface area contributed by atoms with Gasteiger partial charge in [0.25, 0.3) is 0 Å². The molecule has 1 aromatic heterocycles. The van der Waals surface area contributed by atoms with Crippen molar-refractivity contribution in [2.75, 3.05) is 0 Å². The zero-order chi connectivity index (χ0) is 9.26. The smallest absolute Gasteiger partial charge is 0.116 e. The van der Waals surface area contributed by atoms with Crippen molar-refractivity contribution in [3.63, 3.8) is 0 Å². The normalized spacial score (nSPS) is 10.2. The number of phenolic OH excluding ortho intramolecular Hbond substituents is 1. The molecule has 0 fully saturated rings. The third-order valence-corrected chi connectivity index (χ3v) is 4.33. The lowest BCUT2D eigenvalue weighted by molar-refractivity contribution is 0.475. The third kappa shape index (κ3) is 1.80. The van der Waals surface area contributed by atoms with Crippen LogP contribution >= 0.6 is 32.9 Å². The summed E-state index contributed by atoms with van der Waals surface area (Å²) in [5.41, 5.74) is 2.03. The van der Waals surface area contributed by atoms with E-state index in [4.69, 9.17) is 12.2 Å². The molecule has 2 rings (SSSR count). The van der Waals surface area contributed by atoms with Gasteiger partial charge in [0.05, 0.1) is 0 Å². The molecule has 0 atom stereocenters. The molecule has 0 aliphatic heterocycles. The first kappa shape index (κ1) is 8.87. The molecule has 2 aromatic rings.